The lowest BCUT2D eigenvalue weighted by Gasteiger charge is -2.56. The van der Waals surface area contributed by atoms with Gasteiger partial charge in [0, 0.05) is 38.0 Å². The number of benzene rings is 1. The first-order chi connectivity index (χ1) is 12.3. The molecule has 0 radical (unpaired) electrons. The van der Waals surface area contributed by atoms with Gasteiger partial charge in [-0.05, 0) is 23.8 Å². The van der Waals surface area contributed by atoms with Gasteiger partial charge in [0.05, 0.1) is 12.0 Å². The second-order valence-electron chi connectivity index (χ2n) is 8.52. The molecule has 1 saturated carbocycles. The Kier molecular flexibility index (Phi) is 3.74. The molecule has 1 aliphatic carbocycles. The van der Waals surface area contributed by atoms with E-state index >= 15 is 0 Å². The smallest absolute Gasteiger partial charge is 0.274 e. The third-order valence-corrected chi connectivity index (χ3v) is 6.28. The van der Waals surface area contributed by atoms with Gasteiger partial charge in [0.15, 0.2) is 5.69 Å². The van der Waals surface area contributed by atoms with Crippen LogP contribution in [0, 0.1) is 16.7 Å². The number of aryl methyl sites for hydroxylation is 1. The zero-order valence-electron chi connectivity index (χ0n) is 15.8. The third kappa shape index (κ3) is 2.31. The summed E-state index contributed by atoms with van der Waals surface area (Å²) in [6, 6.07) is 7.20. The predicted octanol–water partition coefficient (Wildman–Crippen LogP) is 2.07. The van der Waals surface area contributed by atoms with Crippen molar-refractivity contribution in [1.29, 1.82) is 0 Å². The van der Waals surface area contributed by atoms with E-state index in [9.17, 15) is 9.59 Å². The Morgan fingerprint density at radius 3 is 2.65 bits per heavy atom. The molecule has 1 saturated heterocycles. The van der Waals surface area contributed by atoms with Gasteiger partial charge in [-0.15, -0.1) is 0 Å². The Morgan fingerprint density at radius 2 is 2.00 bits per heavy atom. The fourth-order valence-electron chi connectivity index (χ4n) is 5.37. The number of rotatable bonds is 3. The molecule has 1 aliphatic heterocycles. The van der Waals surface area contributed by atoms with Crippen molar-refractivity contribution in [2.75, 3.05) is 26.8 Å². The lowest BCUT2D eigenvalue weighted by molar-refractivity contribution is -0.107. The zero-order valence-corrected chi connectivity index (χ0v) is 15.8. The average molecular weight is 355 g/mol. The monoisotopic (exact) mass is 355 g/mol. The standard InChI is InChI=1S/C20H25N3O3/c1-19(2)10-20(12-26-4)11-23(9-15(19)20)18(25)16-13-7-5-6-8-14(13)17(24)22(3)21-16/h5-8,15H,9-12H2,1-4H3/t15-,20-/m1/s1. The number of carbonyl (C=O) groups excluding carboxylic acids is 1. The van der Waals surface area contributed by atoms with Gasteiger partial charge in [0.25, 0.3) is 11.5 Å². The molecule has 0 bridgehead atoms. The summed E-state index contributed by atoms with van der Waals surface area (Å²) < 4.78 is 6.74. The molecular weight excluding hydrogens is 330 g/mol. The van der Waals surface area contributed by atoms with Crippen LogP contribution in [0.25, 0.3) is 10.8 Å². The van der Waals surface area contributed by atoms with E-state index in [1.165, 1.54) is 4.68 Å². The topological polar surface area (TPSA) is 64.4 Å². The van der Waals surface area contributed by atoms with Crippen molar-refractivity contribution in [3.05, 3.63) is 40.3 Å². The number of hydrogen-bond acceptors (Lipinski definition) is 4. The van der Waals surface area contributed by atoms with E-state index in [0.29, 0.717) is 42.1 Å². The minimum Gasteiger partial charge on any atom is -0.384 e. The highest BCUT2D eigenvalue weighted by Crippen LogP contribution is 2.62. The zero-order chi connectivity index (χ0) is 18.7. The molecule has 2 atom stereocenters. The Morgan fingerprint density at radius 1 is 1.31 bits per heavy atom. The Bertz CT molecular complexity index is 949. The summed E-state index contributed by atoms with van der Waals surface area (Å²) in [6.45, 7) is 6.60. The van der Waals surface area contributed by atoms with E-state index in [0.717, 1.165) is 6.42 Å². The minimum atomic E-state index is -0.185. The summed E-state index contributed by atoms with van der Waals surface area (Å²) in [5, 5.41) is 5.46. The lowest BCUT2D eigenvalue weighted by atomic mass is 9.48. The van der Waals surface area contributed by atoms with Crippen molar-refractivity contribution >= 4 is 16.7 Å². The highest BCUT2D eigenvalue weighted by Gasteiger charge is 2.63. The number of aromatic nitrogens is 2. The van der Waals surface area contributed by atoms with Crippen LogP contribution in [0.3, 0.4) is 0 Å². The first-order valence-corrected chi connectivity index (χ1v) is 9.03. The van der Waals surface area contributed by atoms with Crippen LogP contribution in [-0.2, 0) is 11.8 Å². The molecule has 0 unspecified atom stereocenters. The van der Waals surface area contributed by atoms with Gasteiger partial charge < -0.3 is 9.64 Å². The molecule has 6 nitrogen and oxygen atoms in total. The number of hydrogen-bond donors (Lipinski definition) is 0. The summed E-state index contributed by atoms with van der Waals surface area (Å²) in [5.74, 6) is 0.329. The summed E-state index contributed by atoms with van der Waals surface area (Å²) >= 11 is 0. The molecule has 1 aromatic heterocycles. The number of methoxy groups -OCH3 is 1. The van der Waals surface area contributed by atoms with E-state index in [2.05, 4.69) is 18.9 Å². The fraction of sp³-hybridized carbons (Fsp3) is 0.550. The Balaban J connectivity index is 1.73. The summed E-state index contributed by atoms with van der Waals surface area (Å²) in [5.41, 5.74) is 0.432. The number of nitrogens with zero attached hydrogens (tertiary/aromatic N) is 3. The maximum atomic E-state index is 13.3. The van der Waals surface area contributed by atoms with Crippen molar-refractivity contribution in [1.82, 2.24) is 14.7 Å². The Labute approximate surface area is 152 Å². The highest BCUT2D eigenvalue weighted by atomic mass is 16.5. The molecule has 2 aromatic rings. The van der Waals surface area contributed by atoms with Gasteiger partial charge in [0.2, 0.25) is 0 Å². The highest BCUT2D eigenvalue weighted by molar-refractivity contribution is 6.04. The maximum Gasteiger partial charge on any atom is 0.274 e. The van der Waals surface area contributed by atoms with Gasteiger partial charge in [-0.1, -0.05) is 32.0 Å². The molecule has 4 rings (SSSR count). The molecule has 138 valence electrons. The van der Waals surface area contributed by atoms with E-state index in [1.807, 2.05) is 17.0 Å². The van der Waals surface area contributed by atoms with Gasteiger partial charge in [-0.2, -0.15) is 5.10 Å². The summed E-state index contributed by atoms with van der Waals surface area (Å²) in [7, 11) is 3.32. The van der Waals surface area contributed by atoms with Crippen molar-refractivity contribution in [3.63, 3.8) is 0 Å². The van der Waals surface area contributed by atoms with Crippen LogP contribution < -0.4 is 5.56 Å². The van der Waals surface area contributed by atoms with Crippen molar-refractivity contribution in [2.45, 2.75) is 20.3 Å². The van der Waals surface area contributed by atoms with E-state index in [-0.39, 0.29) is 22.3 Å². The summed E-state index contributed by atoms with van der Waals surface area (Å²) in [4.78, 5) is 27.5. The fourth-order valence-corrected chi connectivity index (χ4v) is 5.37. The number of carbonyl (C=O) groups is 1. The molecule has 0 N–H and O–H groups in total. The second-order valence-corrected chi connectivity index (χ2v) is 8.52. The van der Waals surface area contributed by atoms with Crippen molar-refractivity contribution < 1.29 is 9.53 Å². The van der Waals surface area contributed by atoms with Crippen molar-refractivity contribution in [3.8, 4) is 0 Å². The van der Waals surface area contributed by atoms with Crippen LogP contribution in [0.2, 0.25) is 0 Å². The van der Waals surface area contributed by atoms with Crippen LogP contribution in [0.1, 0.15) is 30.8 Å². The molecule has 2 heterocycles. The number of ether oxygens (including phenoxy) is 1. The number of fused-ring (bicyclic) bond motifs is 2. The quantitative estimate of drug-likeness (QED) is 0.845. The van der Waals surface area contributed by atoms with Crippen LogP contribution in [-0.4, -0.2) is 47.4 Å². The van der Waals surface area contributed by atoms with Crippen LogP contribution in [0.15, 0.2) is 29.1 Å². The second kappa shape index (κ2) is 5.64. The molecule has 2 fully saturated rings. The van der Waals surface area contributed by atoms with Gasteiger partial charge in [-0.25, -0.2) is 4.68 Å². The first kappa shape index (κ1) is 17.2. The molecule has 0 spiro atoms. The molecule has 26 heavy (non-hydrogen) atoms. The van der Waals surface area contributed by atoms with E-state index in [1.54, 1.807) is 26.3 Å². The van der Waals surface area contributed by atoms with Gasteiger partial charge in [-0.3, -0.25) is 9.59 Å². The Hall–Kier alpha value is -2.21. The SMILES string of the molecule is COC[C@@]12CN(C(=O)c3nn(C)c(=O)c4ccccc34)C[C@@H]1C(C)(C)C2. The lowest BCUT2D eigenvalue weighted by Crippen LogP contribution is -2.55. The van der Waals surface area contributed by atoms with Gasteiger partial charge >= 0.3 is 0 Å². The molecule has 1 amide bonds. The molecular formula is C20H25N3O3. The maximum absolute atomic E-state index is 13.3. The molecule has 6 heteroatoms. The van der Waals surface area contributed by atoms with E-state index < -0.39 is 0 Å². The average Bonchev–Trinajstić information content (AvgIpc) is 2.92. The largest absolute Gasteiger partial charge is 0.384 e. The van der Waals surface area contributed by atoms with Crippen LogP contribution in [0.5, 0.6) is 0 Å². The normalized spacial score (nSPS) is 26.6. The number of likely N-dealkylation sites (tertiary alicyclic amines) is 1. The van der Waals surface area contributed by atoms with Crippen LogP contribution in [0.4, 0.5) is 0 Å². The van der Waals surface area contributed by atoms with E-state index in [4.69, 9.17) is 4.74 Å². The predicted molar refractivity (Wildman–Crippen MR) is 99.1 cm³/mol. The van der Waals surface area contributed by atoms with Crippen molar-refractivity contribution in [2.24, 2.45) is 23.8 Å². The molecule has 1 aromatic carbocycles. The minimum absolute atomic E-state index is 0.0460. The van der Waals surface area contributed by atoms with Crippen LogP contribution >= 0.6 is 0 Å². The van der Waals surface area contributed by atoms with Gasteiger partial charge in [0.1, 0.15) is 0 Å². The number of amides is 1. The first-order valence-electron chi connectivity index (χ1n) is 9.03. The third-order valence-electron chi connectivity index (χ3n) is 6.28. The summed E-state index contributed by atoms with van der Waals surface area (Å²) in [6.07, 6.45) is 1.06. The molecule has 2 aliphatic rings.